The van der Waals surface area contributed by atoms with Crippen LogP contribution in [0.4, 0.5) is 5.69 Å². The lowest BCUT2D eigenvalue weighted by atomic mass is 9.95. The van der Waals surface area contributed by atoms with Crippen LogP contribution in [-0.2, 0) is 18.6 Å². The number of pyridine rings is 1. The lowest BCUT2D eigenvalue weighted by molar-refractivity contribution is -0.384. The Morgan fingerprint density at radius 2 is 2.13 bits per heavy atom. The minimum absolute atomic E-state index is 0.0852. The summed E-state index contributed by atoms with van der Waals surface area (Å²) in [5.41, 5.74) is 3.82. The molecule has 23 heavy (non-hydrogen) atoms. The van der Waals surface area contributed by atoms with Crippen LogP contribution < -0.4 is 0 Å². The van der Waals surface area contributed by atoms with E-state index in [1.807, 2.05) is 12.1 Å². The highest BCUT2D eigenvalue weighted by molar-refractivity contribution is 7.98. The van der Waals surface area contributed by atoms with Crippen LogP contribution in [0.25, 0.3) is 0 Å². The topological polar surface area (TPSA) is 79.8 Å². The van der Waals surface area contributed by atoms with Gasteiger partial charge in [-0.15, -0.1) is 11.8 Å². The number of thioether (sulfide) groups is 1. The maximum Gasteiger partial charge on any atom is 0.269 e. The summed E-state index contributed by atoms with van der Waals surface area (Å²) in [6.45, 7) is 0. The number of rotatable bonds is 4. The summed E-state index contributed by atoms with van der Waals surface area (Å²) < 4.78 is 0. The van der Waals surface area contributed by atoms with Gasteiger partial charge in [0.05, 0.1) is 10.5 Å². The predicted molar refractivity (Wildman–Crippen MR) is 88.3 cm³/mol. The third-order valence-corrected chi connectivity index (χ3v) is 4.95. The number of nitrogens with zero attached hydrogens (tertiary/aromatic N) is 3. The third kappa shape index (κ3) is 3.51. The molecule has 6 heteroatoms. The Bertz CT molecular complexity index is 799. The maximum atomic E-state index is 10.8. The first-order chi connectivity index (χ1) is 11.2. The van der Waals surface area contributed by atoms with Crippen LogP contribution in [0.5, 0.6) is 0 Å². The Morgan fingerprint density at radius 1 is 1.30 bits per heavy atom. The fourth-order valence-corrected chi connectivity index (χ4v) is 3.63. The number of nitro benzene ring substituents is 1. The zero-order valence-electron chi connectivity index (χ0n) is 12.5. The molecule has 1 aromatic heterocycles. The Kier molecular flexibility index (Phi) is 4.58. The van der Waals surface area contributed by atoms with Crippen LogP contribution in [0.3, 0.4) is 0 Å². The summed E-state index contributed by atoms with van der Waals surface area (Å²) in [4.78, 5) is 15.1. The lowest BCUT2D eigenvalue weighted by Gasteiger charge is -2.16. The number of non-ortho nitro benzene ring substituents is 1. The van der Waals surface area contributed by atoms with Gasteiger partial charge in [0.15, 0.2) is 0 Å². The van der Waals surface area contributed by atoms with Gasteiger partial charge in [-0.05, 0) is 42.9 Å². The highest BCUT2D eigenvalue weighted by atomic mass is 32.2. The van der Waals surface area contributed by atoms with Gasteiger partial charge in [0, 0.05) is 23.6 Å². The van der Waals surface area contributed by atoms with E-state index in [4.69, 9.17) is 0 Å². The minimum atomic E-state index is -0.397. The first-order valence-electron chi connectivity index (χ1n) is 7.46. The van der Waals surface area contributed by atoms with Crippen LogP contribution in [0, 0.1) is 21.4 Å². The van der Waals surface area contributed by atoms with Gasteiger partial charge in [0.2, 0.25) is 0 Å². The Hall–Kier alpha value is -2.39. The lowest BCUT2D eigenvalue weighted by Crippen LogP contribution is -2.07. The van der Waals surface area contributed by atoms with Gasteiger partial charge in [-0.25, -0.2) is 4.98 Å². The largest absolute Gasteiger partial charge is 0.269 e. The normalized spacial score (nSPS) is 13.2. The van der Waals surface area contributed by atoms with E-state index in [2.05, 4.69) is 11.1 Å². The van der Waals surface area contributed by atoms with Gasteiger partial charge in [0.1, 0.15) is 11.1 Å². The molecular formula is C17H15N3O2S. The molecule has 116 valence electrons. The number of nitro groups is 1. The van der Waals surface area contributed by atoms with Crippen LogP contribution in [0.2, 0.25) is 0 Å². The zero-order chi connectivity index (χ0) is 16.2. The van der Waals surface area contributed by atoms with E-state index < -0.39 is 4.92 Å². The maximum absolute atomic E-state index is 10.8. The molecule has 2 aromatic rings. The molecule has 0 bridgehead atoms. The SMILES string of the molecule is N#Cc1cc2c(nc1SCc1cccc([N+](=O)[O-])c1)CCCC2. The second-order valence-corrected chi connectivity index (χ2v) is 6.45. The van der Waals surface area contributed by atoms with Crippen molar-refractivity contribution in [2.45, 2.75) is 36.5 Å². The minimum Gasteiger partial charge on any atom is -0.258 e. The van der Waals surface area contributed by atoms with E-state index >= 15 is 0 Å². The summed E-state index contributed by atoms with van der Waals surface area (Å²) in [5, 5.41) is 20.9. The average Bonchev–Trinajstić information content (AvgIpc) is 2.59. The molecule has 5 nitrogen and oxygen atoms in total. The number of hydrogen-bond acceptors (Lipinski definition) is 5. The predicted octanol–water partition coefficient (Wildman–Crippen LogP) is 4.03. The molecule has 0 fully saturated rings. The molecule has 3 rings (SSSR count). The third-order valence-electron chi connectivity index (χ3n) is 3.88. The van der Waals surface area contributed by atoms with Gasteiger partial charge in [-0.1, -0.05) is 12.1 Å². The van der Waals surface area contributed by atoms with Crippen molar-refractivity contribution >= 4 is 17.4 Å². The Balaban J connectivity index is 1.81. The standard InChI is InChI=1S/C17H15N3O2S/c18-10-14-9-13-5-1-2-7-16(13)19-17(14)23-11-12-4-3-6-15(8-12)20(21)22/h3-4,6,8-9H,1-2,5,7,11H2. The highest BCUT2D eigenvalue weighted by Gasteiger charge is 2.16. The van der Waals surface area contributed by atoms with E-state index in [1.165, 1.54) is 23.4 Å². The monoisotopic (exact) mass is 325 g/mol. The first kappa shape index (κ1) is 15.5. The molecule has 0 unspecified atom stereocenters. The molecule has 0 saturated carbocycles. The van der Waals surface area contributed by atoms with E-state index in [9.17, 15) is 15.4 Å². The van der Waals surface area contributed by atoms with Crippen molar-refractivity contribution < 1.29 is 4.92 Å². The first-order valence-corrected chi connectivity index (χ1v) is 8.45. The molecular weight excluding hydrogens is 310 g/mol. The van der Waals surface area contributed by atoms with Crippen molar-refractivity contribution in [2.75, 3.05) is 0 Å². The van der Waals surface area contributed by atoms with Crippen LogP contribution >= 0.6 is 11.8 Å². The van der Waals surface area contributed by atoms with E-state index in [0.29, 0.717) is 11.3 Å². The molecule has 0 N–H and O–H groups in total. The number of hydrogen-bond donors (Lipinski definition) is 0. The molecule has 0 amide bonds. The number of aryl methyl sites for hydroxylation is 2. The Labute approximate surface area is 138 Å². The van der Waals surface area contributed by atoms with Crippen molar-refractivity contribution in [2.24, 2.45) is 0 Å². The molecule has 0 atom stereocenters. The summed E-state index contributed by atoms with van der Waals surface area (Å²) in [6, 6.07) is 10.8. The van der Waals surface area contributed by atoms with Gasteiger partial charge < -0.3 is 0 Å². The van der Waals surface area contributed by atoms with Crippen molar-refractivity contribution in [1.29, 1.82) is 5.26 Å². The van der Waals surface area contributed by atoms with Gasteiger partial charge in [-0.3, -0.25) is 10.1 Å². The van der Waals surface area contributed by atoms with Crippen LogP contribution in [-0.4, -0.2) is 9.91 Å². The number of aromatic nitrogens is 1. The summed E-state index contributed by atoms with van der Waals surface area (Å²) in [7, 11) is 0. The fraction of sp³-hybridized carbons (Fsp3) is 0.294. The molecule has 1 heterocycles. The smallest absolute Gasteiger partial charge is 0.258 e. The molecule has 1 aromatic carbocycles. The Morgan fingerprint density at radius 3 is 2.91 bits per heavy atom. The van der Waals surface area contributed by atoms with Crippen molar-refractivity contribution in [3.8, 4) is 6.07 Å². The summed E-state index contributed by atoms with van der Waals surface area (Å²) in [6.07, 6.45) is 4.25. The average molecular weight is 325 g/mol. The quantitative estimate of drug-likeness (QED) is 0.481. The summed E-state index contributed by atoms with van der Waals surface area (Å²) >= 11 is 1.46. The fourth-order valence-electron chi connectivity index (χ4n) is 2.72. The van der Waals surface area contributed by atoms with Gasteiger partial charge >= 0.3 is 0 Å². The number of nitriles is 1. The molecule has 0 saturated heterocycles. The molecule has 1 aliphatic rings. The molecule has 1 aliphatic carbocycles. The second kappa shape index (κ2) is 6.80. The second-order valence-electron chi connectivity index (χ2n) is 5.48. The van der Waals surface area contributed by atoms with Crippen molar-refractivity contribution in [3.05, 3.63) is 62.8 Å². The van der Waals surface area contributed by atoms with Crippen molar-refractivity contribution in [3.63, 3.8) is 0 Å². The summed E-state index contributed by atoms with van der Waals surface area (Å²) in [5.74, 6) is 0.558. The number of benzene rings is 1. The molecule has 0 spiro atoms. The van der Waals surface area contributed by atoms with Crippen LogP contribution in [0.15, 0.2) is 35.4 Å². The van der Waals surface area contributed by atoms with E-state index in [-0.39, 0.29) is 5.69 Å². The molecule has 0 radical (unpaired) electrons. The zero-order valence-corrected chi connectivity index (χ0v) is 13.3. The van der Waals surface area contributed by atoms with Crippen LogP contribution in [0.1, 0.15) is 35.2 Å². The number of fused-ring (bicyclic) bond motifs is 1. The van der Waals surface area contributed by atoms with E-state index in [0.717, 1.165) is 42.0 Å². The molecule has 0 aliphatic heterocycles. The highest BCUT2D eigenvalue weighted by Crippen LogP contribution is 2.29. The van der Waals surface area contributed by atoms with Crippen molar-refractivity contribution in [1.82, 2.24) is 4.98 Å². The van der Waals surface area contributed by atoms with Gasteiger partial charge in [0.25, 0.3) is 5.69 Å². The van der Waals surface area contributed by atoms with Gasteiger partial charge in [-0.2, -0.15) is 5.26 Å². The van der Waals surface area contributed by atoms with E-state index in [1.54, 1.807) is 12.1 Å².